The van der Waals surface area contributed by atoms with Gasteiger partial charge < -0.3 is 9.84 Å². The number of phenolic OH excluding ortho intramolecular Hbond substituents is 1. The molecule has 0 aliphatic heterocycles. The summed E-state index contributed by atoms with van der Waals surface area (Å²) in [5, 5.41) is 9.56. The molecule has 0 saturated heterocycles. The lowest BCUT2D eigenvalue weighted by molar-refractivity contribution is 0.318. The third-order valence-corrected chi connectivity index (χ3v) is 3.81. The van der Waals surface area contributed by atoms with Crippen LogP contribution in [0.15, 0.2) is 42.5 Å². The summed E-state index contributed by atoms with van der Waals surface area (Å²) < 4.78 is 5.74. The fourth-order valence-electron chi connectivity index (χ4n) is 2.12. The standard InChI is InChI=1S/C17H20O2S/c1-13-11-16(19-9-4-10-20-2)7-8-17(13)14-5-3-6-15(18)12-14/h3,5-8,11-12,18H,4,9-10H2,1-2H3. The Labute approximate surface area is 124 Å². The number of hydrogen-bond donors (Lipinski definition) is 1. The van der Waals surface area contributed by atoms with Gasteiger partial charge in [-0.15, -0.1) is 0 Å². The van der Waals surface area contributed by atoms with E-state index in [2.05, 4.69) is 19.2 Å². The van der Waals surface area contributed by atoms with E-state index in [1.807, 2.05) is 36.0 Å². The first-order chi connectivity index (χ1) is 9.70. The zero-order valence-corrected chi connectivity index (χ0v) is 12.7. The minimum atomic E-state index is 0.291. The predicted octanol–water partition coefficient (Wildman–Crippen LogP) is 4.50. The molecule has 0 saturated carbocycles. The first kappa shape index (κ1) is 14.8. The molecule has 106 valence electrons. The summed E-state index contributed by atoms with van der Waals surface area (Å²) in [6, 6.07) is 13.4. The second kappa shape index (κ2) is 7.25. The van der Waals surface area contributed by atoms with E-state index in [1.165, 1.54) is 0 Å². The first-order valence-corrected chi connectivity index (χ1v) is 8.12. The SMILES string of the molecule is CSCCCOc1ccc(-c2cccc(O)c2)c(C)c1. The van der Waals surface area contributed by atoms with Gasteiger partial charge in [-0.25, -0.2) is 0 Å². The van der Waals surface area contributed by atoms with Crippen molar-refractivity contribution >= 4 is 11.8 Å². The molecule has 2 aromatic rings. The van der Waals surface area contributed by atoms with E-state index in [4.69, 9.17) is 4.74 Å². The van der Waals surface area contributed by atoms with Crippen LogP contribution in [0, 0.1) is 6.92 Å². The second-order valence-corrected chi connectivity index (χ2v) is 5.71. The van der Waals surface area contributed by atoms with Gasteiger partial charge in [0, 0.05) is 0 Å². The van der Waals surface area contributed by atoms with E-state index in [1.54, 1.807) is 12.1 Å². The van der Waals surface area contributed by atoms with Crippen LogP contribution in [0.3, 0.4) is 0 Å². The molecule has 0 radical (unpaired) electrons. The lowest BCUT2D eigenvalue weighted by Crippen LogP contribution is -1.99. The van der Waals surface area contributed by atoms with Crippen LogP contribution in [-0.2, 0) is 0 Å². The van der Waals surface area contributed by atoms with Gasteiger partial charge in [-0.2, -0.15) is 11.8 Å². The number of rotatable bonds is 6. The van der Waals surface area contributed by atoms with Crippen molar-refractivity contribution in [3.05, 3.63) is 48.0 Å². The van der Waals surface area contributed by atoms with Gasteiger partial charge in [-0.1, -0.05) is 18.2 Å². The highest BCUT2D eigenvalue weighted by atomic mass is 32.2. The minimum absolute atomic E-state index is 0.291. The summed E-state index contributed by atoms with van der Waals surface area (Å²) in [5.41, 5.74) is 3.30. The van der Waals surface area contributed by atoms with Crippen LogP contribution >= 0.6 is 11.8 Å². The summed E-state index contributed by atoms with van der Waals surface area (Å²) in [6.07, 6.45) is 3.17. The number of benzene rings is 2. The monoisotopic (exact) mass is 288 g/mol. The van der Waals surface area contributed by atoms with E-state index >= 15 is 0 Å². The second-order valence-electron chi connectivity index (χ2n) is 4.72. The molecule has 0 unspecified atom stereocenters. The summed E-state index contributed by atoms with van der Waals surface area (Å²) in [7, 11) is 0. The molecule has 0 aliphatic carbocycles. The molecule has 1 N–H and O–H groups in total. The normalized spacial score (nSPS) is 10.5. The number of ether oxygens (including phenoxy) is 1. The predicted molar refractivity (Wildman–Crippen MR) is 86.8 cm³/mol. The molecule has 0 amide bonds. The van der Waals surface area contributed by atoms with Crippen LogP contribution in [0.5, 0.6) is 11.5 Å². The summed E-state index contributed by atoms with van der Waals surface area (Å²) in [4.78, 5) is 0. The fraction of sp³-hybridized carbons (Fsp3) is 0.294. The molecule has 0 spiro atoms. The van der Waals surface area contributed by atoms with Gasteiger partial charge in [0.1, 0.15) is 11.5 Å². The zero-order chi connectivity index (χ0) is 14.4. The number of aryl methyl sites for hydroxylation is 1. The van der Waals surface area contributed by atoms with Crippen LogP contribution in [0.25, 0.3) is 11.1 Å². The van der Waals surface area contributed by atoms with Gasteiger partial charge >= 0.3 is 0 Å². The smallest absolute Gasteiger partial charge is 0.119 e. The van der Waals surface area contributed by atoms with Crippen LogP contribution < -0.4 is 4.74 Å². The Bertz CT molecular complexity index is 567. The first-order valence-electron chi connectivity index (χ1n) is 6.72. The highest BCUT2D eigenvalue weighted by molar-refractivity contribution is 7.98. The van der Waals surface area contributed by atoms with E-state index in [0.717, 1.165) is 41.2 Å². The Morgan fingerprint density at radius 2 is 2.00 bits per heavy atom. The third kappa shape index (κ3) is 3.94. The van der Waals surface area contributed by atoms with E-state index in [0.29, 0.717) is 5.75 Å². The Morgan fingerprint density at radius 1 is 1.15 bits per heavy atom. The van der Waals surface area contributed by atoms with Crippen molar-refractivity contribution in [1.82, 2.24) is 0 Å². The maximum atomic E-state index is 9.56. The Kier molecular flexibility index (Phi) is 5.36. The lowest BCUT2D eigenvalue weighted by Gasteiger charge is -2.10. The van der Waals surface area contributed by atoms with Crippen molar-refractivity contribution in [1.29, 1.82) is 0 Å². The molecular weight excluding hydrogens is 268 g/mol. The Balaban J connectivity index is 2.10. The molecule has 2 rings (SSSR count). The molecule has 0 aromatic heterocycles. The van der Waals surface area contributed by atoms with Crippen LogP contribution in [-0.4, -0.2) is 23.7 Å². The van der Waals surface area contributed by atoms with Gasteiger partial charge in [0.15, 0.2) is 0 Å². The topological polar surface area (TPSA) is 29.5 Å². The molecule has 0 bridgehead atoms. The average molecular weight is 288 g/mol. The molecule has 2 nitrogen and oxygen atoms in total. The molecular formula is C17H20O2S. The van der Waals surface area contributed by atoms with Gasteiger partial charge in [-0.3, -0.25) is 0 Å². The van der Waals surface area contributed by atoms with Gasteiger partial charge in [0.05, 0.1) is 6.61 Å². The fourth-order valence-corrected chi connectivity index (χ4v) is 2.52. The molecule has 20 heavy (non-hydrogen) atoms. The Morgan fingerprint density at radius 3 is 2.70 bits per heavy atom. The zero-order valence-electron chi connectivity index (χ0n) is 11.9. The molecule has 2 aromatic carbocycles. The van der Waals surface area contributed by atoms with Crippen molar-refractivity contribution in [2.24, 2.45) is 0 Å². The molecule has 0 aliphatic rings. The molecule has 3 heteroatoms. The van der Waals surface area contributed by atoms with Crippen molar-refractivity contribution in [3.63, 3.8) is 0 Å². The number of phenols is 1. The van der Waals surface area contributed by atoms with Gasteiger partial charge in [-0.05, 0) is 66.3 Å². The number of hydrogen-bond acceptors (Lipinski definition) is 3. The summed E-state index contributed by atoms with van der Waals surface area (Å²) >= 11 is 1.84. The van der Waals surface area contributed by atoms with Crippen LogP contribution in [0.4, 0.5) is 0 Å². The van der Waals surface area contributed by atoms with Crippen molar-refractivity contribution in [2.45, 2.75) is 13.3 Å². The lowest BCUT2D eigenvalue weighted by atomic mass is 10.0. The summed E-state index contributed by atoms with van der Waals surface area (Å²) in [5.74, 6) is 2.33. The van der Waals surface area contributed by atoms with Gasteiger partial charge in [0.2, 0.25) is 0 Å². The van der Waals surface area contributed by atoms with Gasteiger partial charge in [0.25, 0.3) is 0 Å². The van der Waals surface area contributed by atoms with Crippen molar-refractivity contribution < 1.29 is 9.84 Å². The maximum absolute atomic E-state index is 9.56. The molecule has 0 fully saturated rings. The quantitative estimate of drug-likeness (QED) is 0.794. The van der Waals surface area contributed by atoms with E-state index in [9.17, 15) is 5.11 Å². The van der Waals surface area contributed by atoms with E-state index < -0.39 is 0 Å². The number of aromatic hydroxyl groups is 1. The molecule has 0 atom stereocenters. The van der Waals surface area contributed by atoms with Crippen molar-refractivity contribution in [2.75, 3.05) is 18.6 Å². The van der Waals surface area contributed by atoms with E-state index in [-0.39, 0.29) is 0 Å². The average Bonchev–Trinajstić information content (AvgIpc) is 2.44. The van der Waals surface area contributed by atoms with Crippen LogP contribution in [0.2, 0.25) is 0 Å². The third-order valence-electron chi connectivity index (χ3n) is 3.12. The molecule has 0 heterocycles. The number of thioether (sulfide) groups is 1. The summed E-state index contributed by atoms with van der Waals surface area (Å²) in [6.45, 7) is 2.82. The largest absolute Gasteiger partial charge is 0.508 e. The van der Waals surface area contributed by atoms with Crippen LogP contribution in [0.1, 0.15) is 12.0 Å². The highest BCUT2D eigenvalue weighted by Crippen LogP contribution is 2.28. The van der Waals surface area contributed by atoms with Crippen molar-refractivity contribution in [3.8, 4) is 22.6 Å². The Hall–Kier alpha value is -1.61. The maximum Gasteiger partial charge on any atom is 0.119 e. The minimum Gasteiger partial charge on any atom is -0.508 e. The highest BCUT2D eigenvalue weighted by Gasteiger charge is 2.04.